The minimum atomic E-state index is 0.0760. The fourth-order valence-corrected chi connectivity index (χ4v) is 3.93. The molecule has 1 atom stereocenters. The number of hydrogen-bond acceptors (Lipinski definition) is 5. The molecule has 3 heterocycles. The number of piperidine rings is 1. The van der Waals surface area contributed by atoms with E-state index in [2.05, 4.69) is 5.32 Å². The van der Waals surface area contributed by atoms with Crippen molar-refractivity contribution in [3.8, 4) is 11.5 Å². The van der Waals surface area contributed by atoms with Crippen molar-refractivity contribution in [2.75, 3.05) is 31.6 Å². The third kappa shape index (κ3) is 4.02. The highest BCUT2D eigenvalue weighted by molar-refractivity contribution is 7.10. The number of thiophene rings is 1. The maximum absolute atomic E-state index is 12.5. The highest BCUT2D eigenvalue weighted by Crippen LogP contribution is 2.33. The zero-order valence-electron chi connectivity index (χ0n) is 14.5. The molecule has 1 aromatic carbocycles. The van der Waals surface area contributed by atoms with Crippen LogP contribution in [0.1, 0.15) is 17.7 Å². The third-order valence-electron chi connectivity index (χ3n) is 4.58. The lowest BCUT2D eigenvalue weighted by Crippen LogP contribution is -2.44. The monoisotopic (exact) mass is 370 g/mol. The molecule has 0 spiro atoms. The van der Waals surface area contributed by atoms with Gasteiger partial charge in [-0.05, 0) is 42.5 Å². The van der Waals surface area contributed by atoms with Gasteiger partial charge in [0.15, 0.2) is 11.5 Å². The van der Waals surface area contributed by atoms with E-state index in [1.165, 1.54) is 0 Å². The van der Waals surface area contributed by atoms with E-state index >= 15 is 0 Å². The molecule has 5 nitrogen and oxygen atoms in total. The van der Waals surface area contributed by atoms with Crippen molar-refractivity contribution < 1.29 is 14.3 Å². The van der Waals surface area contributed by atoms with E-state index in [1.54, 1.807) is 17.4 Å². The molecule has 2 aromatic rings. The van der Waals surface area contributed by atoms with E-state index in [1.807, 2.05) is 46.7 Å². The molecule has 0 bridgehead atoms. The number of hydrogen-bond donors (Lipinski definition) is 1. The van der Waals surface area contributed by atoms with Crippen LogP contribution in [0.5, 0.6) is 11.5 Å². The van der Waals surface area contributed by atoms with E-state index in [-0.39, 0.29) is 11.9 Å². The van der Waals surface area contributed by atoms with Crippen LogP contribution in [-0.2, 0) is 4.79 Å². The van der Waals surface area contributed by atoms with Crippen LogP contribution in [0.15, 0.2) is 41.8 Å². The van der Waals surface area contributed by atoms with Gasteiger partial charge in [-0.1, -0.05) is 6.07 Å². The molecule has 1 N–H and O–H groups in total. The number of carbonyl (C=O) groups is 1. The van der Waals surface area contributed by atoms with Crippen molar-refractivity contribution in [2.45, 2.75) is 18.9 Å². The van der Waals surface area contributed by atoms with Crippen molar-refractivity contribution in [1.82, 2.24) is 4.90 Å². The van der Waals surface area contributed by atoms with E-state index < -0.39 is 0 Å². The van der Waals surface area contributed by atoms with Crippen molar-refractivity contribution in [1.29, 1.82) is 0 Å². The summed E-state index contributed by atoms with van der Waals surface area (Å²) in [5, 5.41) is 5.55. The van der Waals surface area contributed by atoms with Gasteiger partial charge in [0.05, 0.1) is 0 Å². The summed E-state index contributed by atoms with van der Waals surface area (Å²) >= 11 is 1.63. The Hall–Kier alpha value is -2.47. The van der Waals surface area contributed by atoms with Gasteiger partial charge in [-0.15, -0.1) is 11.3 Å². The van der Waals surface area contributed by atoms with Crippen LogP contribution in [0, 0.1) is 0 Å². The quantitative estimate of drug-likeness (QED) is 0.835. The first-order chi connectivity index (χ1) is 12.8. The van der Waals surface area contributed by atoms with Crippen LogP contribution in [0.25, 0.3) is 6.08 Å². The Bertz CT molecular complexity index is 788. The summed E-state index contributed by atoms with van der Waals surface area (Å²) in [5.41, 5.74) is 1.00. The van der Waals surface area contributed by atoms with Gasteiger partial charge in [0.25, 0.3) is 0 Å². The minimum absolute atomic E-state index is 0.0760. The van der Waals surface area contributed by atoms with Crippen LogP contribution in [-0.4, -0.2) is 43.2 Å². The average Bonchev–Trinajstić information content (AvgIpc) is 3.20. The molecule has 1 unspecified atom stereocenters. The maximum Gasteiger partial charge on any atom is 0.246 e. The van der Waals surface area contributed by atoms with Crippen LogP contribution in [0.4, 0.5) is 5.69 Å². The lowest BCUT2D eigenvalue weighted by atomic mass is 10.0. The predicted octanol–water partition coefficient (Wildman–Crippen LogP) is 3.64. The standard InChI is InChI=1S/C20H22N2O3S/c23-20(8-6-17-4-2-12-26-17)22-9-1-3-16(14-22)21-15-5-7-18-19(13-15)25-11-10-24-18/h2,4-8,12-13,16,21H,1,3,9-11,14H2/b8-6+. The molecule has 6 heteroatoms. The number of amides is 1. The first-order valence-electron chi connectivity index (χ1n) is 8.94. The lowest BCUT2D eigenvalue weighted by molar-refractivity contribution is -0.126. The second kappa shape index (κ2) is 7.83. The number of carbonyl (C=O) groups excluding carboxylic acids is 1. The fourth-order valence-electron chi connectivity index (χ4n) is 3.31. The number of benzene rings is 1. The minimum Gasteiger partial charge on any atom is -0.486 e. The van der Waals surface area contributed by atoms with Gasteiger partial charge < -0.3 is 19.7 Å². The molecule has 4 rings (SSSR count). The Labute approximate surface area is 157 Å². The molecular weight excluding hydrogens is 348 g/mol. The fraction of sp³-hybridized carbons (Fsp3) is 0.350. The van der Waals surface area contributed by atoms with E-state index in [0.29, 0.717) is 19.8 Å². The zero-order chi connectivity index (χ0) is 17.8. The largest absolute Gasteiger partial charge is 0.486 e. The van der Waals surface area contributed by atoms with Crippen LogP contribution >= 0.6 is 11.3 Å². The molecule has 1 fully saturated rings. The number of likely N-dealkylation sites (tertiary alicyclic amines) is 1. The Kier molecular flexibility index (Phi) is 5.11. The highest BCUT2D eigenvalue weighted by Gasteiger charge is 2.23. The highest BCUT2D eigenvalue weighted by atomic mass is 32.1. The Morgan fingerprint density at radius 1 is 1.23 bits per heavy atom. The van der Waals surface area contributed by atoms with Gasteiger partial charge in [0.1, 0.15) is 13.2 Å². The second-order valence-corrected chi connectivity index (χ2v) is 7.45. The van der Waals surface area contributed by atoms with Gasteiger partial charge in [-0.3, -0.25) is 4.79 Å². The number of nitrogens with one attached hydrogen (secondary N) is 1. The molecule has 26 heavy (non-hydrogen) atoms. The topological polar surface area (TPSA) is 50.8 Å². The first-order valence-corrected chi connectivity index (χ1v) is 9.82. The Morgan fingerprint density at radius 2 is 2.12 bits per heavy atom. The van der Waals surface area contributed by atoms with Crippen LogP contribution in [0.2, 0.25) is 0 Å². The number of rotatable bonds is 4. The molecule has 1 amide bonds. The molecule has 136 valence electrons. The maximum atomic E-state index is 12.5. The number of nitrogens with zero attached hydrogens (tertiary/aromatic N) is 1. The number of fused-ring (bicyclic) bond motifs is 1. The van der Waals surface area contributed by atoms with Crippen molar-refractivity contribution in [2.24, 2.45) is 0 Å². The average molecular weight is 370 g/mol. The van der Waals surface area contributed by atoms with Gasteiger partial charge in [0.2, 0.25) is 5.91 Å². The van der Waals surface area contributed by atoms with Crippen LogP contribution < -0.4 is 14.8 Å². The van der Waals surface area contributed by atoms with Gasteiger partial charge in [0, 0.05) is 41.8 Å². The van der Waals surface area contributed by atoms with Gasteiger partial charge in [-0.25, -0.2) is 0 Å². The summed E-state index contributed by atoms with van der Waals surface area (Å²) in [6, 6.07) is 10.2. The molecular formula is C20H22N2O3S. The smallest absolute Gasteiger partial charge is 0.246 e. The second-order valence-electron chi connectivity index (χ2n) is 6.47. The SMILES string of the molecule is O=C(/C=C/c1cccs1)N1CCCC(Nc2ccc3c(c2)OCCO3)C1. The Balaban J connectivity index is 1.37. The molecule has 2 aliphatic rings. The molecule has 1 saturated heterocycles. The van der Waals surface area contributed by atoms with E-state index in [0.717, 1.165) is 41.4 Å². The molecule has 1 aromatic heterocycles. The van der Waals surface area contributed by atoms with Crippen molar-refractivity contribution in [3.05, 3.63) is 46.7 Å². The number of ether oxygens (including phenoxy) is 2. The van der Waals surface area contributed by atoms with Crippen molar-refractivity contribution in [3.63, 3.8) is 0 Å². The summed E-state index contributed by atoms with van der Waals surface area (Å²) in [6.45, 7) is 2.70. The van der Waals surface area contributed by atoms with E-state index in [4.69, 9.17) is 9.47 Å². The summed E-state index contributed by atoms with van der Waals surface area (Å²) < 4.78 is 11.2. The zero-order valence-corrected chi connectivity index (χ0v) is 15.3. The first kappa shape index (κ1) is 17.0. The molecule has 0 saturated carbocycles. The summed E-state index contributed by atoms with van der Waals surface area (Å²) in [5.74, 6) is 1.65. The molecule has 0 radical (unpaired) electrons. The van der Waals surface area contributed by atoms with Crippen LogP contribution in [0.3, 0.4) is 0 Å². The lowest BCUT2D eigenvalue weighted by Gasteiger charge is -2.33. The van der Waals surface area contributed by atoms with Crippen molar-refractivity contribution >= 4 is 29.0 Å². The normalized spacial score (nSPS) is 19.5. The number of anilines is 1. The molecule has 0 aliphatic carbocycles. The predicted molar refractivity (Wildman–Crippen MR) is 104 cm³/mol. The third-order valence-corrected chi connectivity index (χ3v) is 5.42. The molecule has 2 aliphatic heterocycles. The summed E-state index contributed by atoms with van der Waals surface area (Å²) in [6.07, 6.45) is 5.62. The van der Waals surface area contributed by atoms with Gasteiger partial charge in [-0.2, -0.15) is 0 Å². The summed E-state index contributed by atoms with van der Waals surface area (Å²) in [7, 11) is 0. The van der Waals surface area contributed by atoms with Gasteiger partial charge >= 0.3 is 0 Å². The summed E-state index contributed by atoms with van der Waals surface area (Å²) in [4.78, 5) is 15.5. The Morgan fingerprint density at radius 3 is 2.96 bits per heavy atom. The van der Waals surface area contributed by atoms with E-state index in [9.17, 15) is 4.79 Å².